The van der Waals surface area contributed by atoms with Crippen LogP contribution in [0.3, 0.4) is 0 Å². The number of nitrogens with zero attached hydrogens (tertiary/aromatic N) is 1. The van der Waals surface area contributed by atoms with Crippen LogP contribution in [0.25, 0.3) is 0 Å². The Kier molecular flexibility index (Phi) is 8.37. The molecule has 0 spiro atoms. The number of carbonyl (C=O) groups excluding carboxylic acids is 1. The van der Waals surface area contributed by atoms with Crippen molar-refractivity contribution < 1.29 is 22.7 Å². The van der Waals surface area contributed by atoms with Crippen molar-refractivity contribution in [2.24, 2.45) is 0 Å². The van der Waals surface area contributed by atoms with Gasteiger partial charge in [-0.25, -0.2) is 8.42 Å². The van der Waals surface area contributed by atoms with Crippen molar-refractivity contribution in [3.63, 3.8) is 0 Å². The summed E-state index contributed by atoms with van der Waals surface area (Å²) in [5, 5.41) is 3.23. The van der Waals surface area contributed by atoms with Crippen molar-refractivity contribution in [2.75, 3.05) is 31.3 Å². The Morgan fingerprint density at radius 1 is 1.13 bits per heavy atom. The quantitative estimate of drug-likeness (QED) is 0.595. The summed E-state index contributed by atoms with van der Waals surface area (Å²) in [5.74, 6) is 0.863. The summed E-state index contributed by atoms with van der Waals surface area (Å²) in [6.45, 7) is 2.11. The summed E-state index contributed by atoms with van der Waals surface area (Å²) >= 11 is 6.02. The molecule has 0 aliphatic rings. The van der Waals surface area contributed by atoms with Crippen LogP contribution < -0.4 is 19.1 Å². The van der Waals surface area contributed by atoms with E-state index in [2.05, 4.69) is 5.32 Å². The van der Waals surface area contributed by atoms with Crippen LogP contribution in [0, 0.1) is 0 Å². The highest BCUT2D eigenvalue weighted by atomic mass is 35.5. The maximum atomic E-state index is 12.8. The molecule has 164 valence electrons. The second kappa shape index (κ2) is 10.5. The zero-order chi connectivity index (χ0) is 22.3. The minimum absolute atomic E-state index is 0.307. The van der Waals surface area contributed by atoms with E-state index in [0.717, 1.165) is 16.1 Å². The van der Waals surface area contributed by atoms with Crippen LogP contribution in [0.5, 0.6) is 11.5 Å². The lowest BCUT2D eigenvalue weighted by atomic mass is 10.1. The van der Waals surface area contributed by atoms with Gasteiger partial charge in [0.1, 0.15) is 6.04 Å². The highest BCUT2D eigenvalue weighted by molar-refractivity contribution is 7.92. The molecule has 0 aliphatic heterocycles. The lowest BCUT2D eigenvalue weighted by molar-refractivity contribution is -0.122. The van der Waals surface area contributed by atoms with E-state index < -0.39 is 16.1 Å². The van der Waals surface area contributed by atoms with E-state index in [1.165, 1.54) is 6.07 Å². The molecule has 0 aliphatic carbocycles. The van der Waals surface area contributed by atoms with Gasteiger partial charge in [0, 0.05) is 11.6 Å². The smallest absolute Gasteiger partial charge is 0.243 e. The lowest BCUT2D eigenvalue weighted by Crippen LogP contribution is -2.49. The van der Waals surface area contributed by atoms with E-state index in [-0.39, 0.29) is 5.91 Å². The monoisotopic (exact) mass is 454 g/mol. The molecule has 0 fully saturated rings. The van der Waals surface area contributed by atoms with Gasteiger partial charge >= 0.3 is 0 Å². The number of rotatable bonds is 10. The van der Waals surface area contributed by atoms with Crippen molar-refractivity contribution in [3.05, 3.63) is 53.1 Å². The van der Waals surface area contributed by atoms with Crippen LogP contribution in [0.15, 0.2) is 42.5 Å². The second-order valence-corrected chi connectivity index (χ2v) is 8.99. The van der Waals surface area contributed by atoms with Gasteiger partial charge in [0.05, 0.1) is 26.2 Å². The number of ether oxygens (including phenoxy) is 2. The topological polar surface area (TPSA) is 84.9 Å². The molecular weight excluding hydrogens is 428 g/mol. The summed E-state index contributed by atoms with van der Waals surface area (Å²) in [6, 6.07) is 11.1. The maximum Gasteiger partial charge on any atom is 0.243 e. The summed E-state index contributed by atoms with van der Waals surface area (Å²) in [4.78, 5) is 12.8. The van der Waals surface area contributed by atoms with E-state index in [0.29, 0.717) is 41.6 Å². The van der Waals surface area contributed by atoms with Crippen molar-refractivity contribution in [3.8, 4) is 11.5 Å². The SMILES string of the molecule is CCC(C(=O)NCCc1ccc(OC)c(OC)c1)N(c1cccc(Cl)c1)S(C)(=O)=O. The number of nitrogens with one attached hydrogen (secondary N) is 1. The van der Waals surface area contributed by atoms with E-state index in [4.69, 9.17) is 21.1 Å². The first-order valence-electron chi connectivity index (χ1n) is 9.44. The van der Waals surface area contributed by atoms with Gasteiger partial charge in [0.25, 0.3) is 0 Å². The Bertz CT molecular complexity index is 981. The zero-order valence-electron chi connectivity index (χ0n) is 17.5. The third kappa shape index (κ3) is 6.03. The number of amides is 1. The van der Waals surface area contributed by atoms with Gasteiger partial charge in [-0.3, -0.25) is 9.10 Å². The Morgan fingerprint density at radius 3 is 2.40 bits per heavy atom. The molecule has 2 aromatic rings. The largest absolute Gasteiger partial charge is 0.493 e. The number of carbonyl (C=O) groups is 1. The predicted octanol–water partition coefficient (Wildman–Crippen LogP) is 3.26. The van der Waals surface area contributed by atoms with Gasteiger partial charge in [-0.1, -0.05) is 30.7 Å². The van der Waals surface area contributed by atoms with Crippen LogP contribution in [0.4, 0.5) is 5.69 Å². The van der Waals surface area contributed by atoms with Gasteiger partial charge in [0.2, 0.25) is 15.9 Å². The number of hydrogen-bond donors (Lipinski definition) is 1. The molecule has 1 atom stereocenters. The third-order valence-corrected chi connectivity index (χ3v) is 5.97. The molecule has 0 bridgehead atoms. The first-order chi connectivity index (χ1) is 14.2. The van der Waals surface area contributed by atoms with Crippen molar-refractivity contribution >= 4 is 33.2 Å². The van der Waals surface area contributed by atoms with Gasteiger partial charge in [-0.05, 0) is 48.7 Å². The van der Waals surface area contributed by atoms with E-state index in [9.17, 15) is 13.2 Å². The number of halogens is 1. The van der Waals surface area contributed by atoms with Crippen molar-refractivity contribution in [2.45, 2.75) is 25.8 Å². The molecule has 7 nitrogen and oxygen atoms in total. The normalized spacial score (nSPS) is 12.2. The third-order valence-electron chi connectivity index (χ3n) is 4.55. The molecule has 2 aromatic carbocycles. The standard InChI is InChI=1S/C21H27ClN2O5S/c1-5-18(24(30(4,26)27)17-8-6-7-16(22)14-17)21(25)23-12-11-15-9-10-19(28-2)20(13-15)29-3/h6-10,13-14,18H,5,11-12H2,1-4H3,(H,23,25). The molecule has 0 radical (unpaired) electrons. The first kappa shape index (κ1) is 23.8. The maximum absolute atomic E-state index is 12.8. The molecular formula is C21H27ClN2O5S. The summed E-state index contributed by atoms with van der Waals surface area (Å²) < 4.78 is 36.5. The van der Waals surface area contributed by atoms with Crippen molar-refractivity contribution in [1.82, 2.24) is 5.32 Å². The molecule has 2 rings (SSSR count). The minimum Gasteiger partial charge on any atom is -0.493 e. The first-order valence-corrected chi connectivity index (χ1v) is 11.7. The molecule has 1 N–H and O–H groups in total. The van der Waals surface area contributed by atoms with Crippen LogP contribution in [-0.4, -0.2) is 47.4 Å². The van der Waals surface area contributed by atoms with Crippen LogP contribution in [0.2, 0.25) is 5.02 Å². The Balaban J connectivity index is 2.13. The average molecular weight is 455 g/mol. The highest BCUT2D eigenvalue weighted by Crippen LogP contribution is 2.28. The number of benzene rings is 2. The fraction of sp³-hybridized carbons (Fsp3) is 0.381. The van der Waals surface area contributed by atoms with E-state index in [1.54, 1.807) is 45.4 Å². The van der Waals surface area contributed by atoms with Gasteiger partial charge in [-0.2, -0.15) is 0 Å². The number of anilines is 1. The molecule has 9 heteroatoms. The summed E-state index contributed by atoms with van der Waals surface area (Å²) in [7, 11) is -0.576. The molecule has 0 aromatic heterocycles. The fourth-order valence-corrected chi connectivity index (χ4v) is 4.55. The highest BCUT2D eigenvalue weighted by Gasteiger charge is 2.31. The summed E-state index contributed by atoms with van der Waals surface area (Å²) in [6.07, 6.45) is 1.94. The number of sulfonamides is 1. The van der Waals surface area contributed by atoms with E-state index in [1.807, 2.05) is 12.1 Å². The minimum atomic E-state index is -3.70. The van der Waals surface area contributed by atoms with Gasteiger partial charge in [-0.15, -0.1) is 0 Å². The second-order valence-electron chi connectivity index (χ2n) is 6.69. The molecule has 0 heterocycles. The van der Waals surface area contributed by atoms with Crippen LogP contribution in [0.1, 0.15) is 18.9 Å². The molecule has 1 amide bonds. The van der Waals surface area contributed by atoms with Crippen LogP contribution >= 0.6 is 11.6 Å². The number of methoxy groups -OCH3 is 2. The molecule has 0 saturated heterocycles. The summed E-state index contributed by atoms with van der Waals surface area (Å²) in [5.41, 5.74) is 1.31. The van der Waals surface area contributed by atoms with E-state index >= 15 is 0 Å². The van der Waals surface area contributed by atoms with Gasteiger partial charge < -0.3 is 14.8 Å². The predicted molar refractivity (Wildman–Crippen MR) is 119 cm³/mol. The Morgan fingerprint density at radius 2 is 1.83 bits per heavy atom. The number of hydrogen-bond acceptors (Lipinski definition) is 5. The van der Waals surface area contributed by atoms with Crippen molar-refractivity contribution in [1.29, 1.82) is 0 Å². The Labute approximate surface area is 183 Å². The van der Waals surface area contributed by atoms with Crippen LogP contribution in [-0.2, 0) is 21.2 Å². The average Bonchev–Trinajstić information content (AvgIpc) is 2.70. The molecule has 1 unspecified atom stereocenters. The fourth-order valence-electron chi connectivity index (χ4n) is 3.16. The molecule has 0 saturated carbocycles. The lowest BCUT2D eigenvalue weighted by Gasteiger charge is -2.30. The Hall–Kier alpha value is -2.45. The zero-order valence-corrected chi connectivity index (χ0v) is 19.1. The van der Waals surface area contributed by atoms with Gasteiger partial charge in [0.15, 0.2) is 11.5 Å². The molecule has 30 heavy (non-hydrogen) atoms.